The molecule has 2 rings (SSSR count). The van der Waals surface area contributed by atoms with Gasteiger partial charge in [0, 0.05) is 18.8 Å². The molecule has 3 heteroatoms. The molecule has 0 saturated carbocycles. The summed E-state index contributed by atoms with van der Waals surface area (Å²) in [7, 11) is 0. The van der Waals surface area contributed by atoms with Crippen molar-refractivity contribution < 1.29 is 0 Å². The van der Waals surface area contributed by atoms with E-state index < -0.39 is 0 Å². The van der Waals surface area contributed by atoms with Crippen LogP contribution in [-0.2, 0) is 0 Å². The van der Waals surface area contributed by atoms with Crippen molar-refractivity contribution in [3.8, 4) is 0 Å². The molecule has 1 aliphatic rings. The lowest BCUT2D eigenvalue weighted by Gasteiger charge is -2.22. The third-order valence-corrected chi connectivity index (χ3v) is 2.35. The molecule has 0 bridgehead atoms. The molecule has 3 nitrogen and oxygen atoms in total. The third-order valence-electron chi connectivity index (χ3n) is 2.35. The molecule has 0 radical (unpaired) electrons. The fourth-order valence-corrected chi connectivity index (χ4v) is 1.52. The molecule has 1 aliphatic heterocycles. The molecular weight excluding hydrogens is 162 g/mol. The molecule has 0 spiro atoms. The summed E-state index contributed by atoms with van der Waals surface area (Å²) in [5.41, 5.74) is 3.27. The van der Waals surface area contributed by atoms with Crippen LogP contribution in [0.4, 0.5) is 17.1 Å². The van der Waals surface area contributed by atoms with Crippen molar-refractivity contribution in [2.24, 2.45) is 10.2 Å². The SMILES string of the molecule is CCN(CC)c1ccc2c(c1)N=N2. The van der Waals surface area contributed by atoms with E-state index in [9.17, 15) is 0 Å². The summed E-state index contributed by atoms with van der Waals surface area (Å²) < 4.78 is 0. The lowest BCUT2D eigenvalue weighted by molar-refractivity contribution is 0.865. The minimum atomic E-state index is 1.01. The molecule has 0 unspecified atom stereocenters. The van der Waals surface area contributed by atoms with E-state index in [1.54, 1.807) is 0 Å². The zero-order valence-electron chi connectivity index (χ0n) is 7.99. The molecule has 0 atom stereocenters. The largest absolute Gasteiger partial charge is 0.372 e. The molecule has 1 aromatic carbocycles. The molecule has 0 aromatic heterocycles. The van der Waals surface area contributed by atoms with Crippen molar-refractivity contribution in [3.63, 3.8) is 0 Å². The van der Waals surface area contributed by atoms with Crippen LogP contribution in [0.3, 0.4) is 0 Å². The van der Waals surface area contributed by atoms with Crippen LogP contribution >= 0.6 is 0 Å². The van der Waals surface area contributed by atoms with Gasteiger partial charge < -0.3 is 4.90 Å². The Kier molecular flexibility index (Phi) is 2.00. The number of rotatable bonds is 3. The van der Waals surface area contributed by atoms with Crippen LogP contribution in [0.15, 0.2) is 28.4 Å². The summed E-state index contributed by atoms with van der Waals surface area (Å²) >= 11 is 0. The van der Waals surface area contributed by atoms with Gasteiger partial charge in [-0.15, -0.1) is 10.2 Å². The molecule has 0 saturated heterocycles. The fraction of sp³-hybridized carbons (Fsp3) is 0.400. The Balaban J connectivity index is 2.27. The van der Waals surface area contributed by atoms with Crippen LogP contribution in [-0.4, -0.2) is 13.1 Å². The number of benzene rings is 1. The van der Waals surface area contributed by atoms with Crippen LogP contribution in [0.1, 0.15) is 13.8 Å². The van der Waals surface area contributed by atoms with Crippen molar-refractivity contribution in [1.82, 2.24) is 0 Å². The second kappa shape index (κ2) is 3.17. The molecule has 1 aromatic rings. The summed E-state index contributed by atoms with van der Waals surface area (Å²) in [6, 6.07) is 6.22. The average molecular weight is 175 g/mol. The van der Waals surface area contributed by atoms with Gasteiger partial charge in [-0.2, -0.15) is 0 Å². The van der Waals surface area contributed by atoms with E-state index in [1.165, 1.54) is 5.69 Å². The van der Waals surface area contributed by atoms with Gasteiger partial charge in [0.15, 0.2) is 0 Å². The number of anilines is 1. The van der Waals surface area contributed by atoms with E-state index in [4.69, 9.17) is 0 Å². The van der Waals surface area contributed by atoms with Gasteiger partial charge in [-0.05, 0) is 32.0 Å². The van der Waals surface area contributed by atoms with Gasteiger partial charge in [0.25, 0.3) is 0 Å². The van der Waals surface area contributed by atoms with Gasteiger partial charge in [-0.3, -0.25) is 0 Å². The Morgan fingerprint density at radius 1 is 1.08 bits per heavy atom. The predicted molar refractivity (Wildman–Crippen MR) is 54.2 cm³/mol. The minimum Gasteiger partial charge on any atom is -0.372 e. The first kappa shape index (κ1) is 8.23. The van der Waals surface area contributed by atoms with Gasteiger partial charge in [-0.25, -0.2) is 0 Å². The third kappa shape index (κ3) is 1.30. The van der Waals surface area contributed by atoms with Crippen LogP contribution in [0.2, 0.25) is 0 Å². The normalized spacial score (nSPS) is 12.2. The van der Waals surface area contributed by atoms with E-state index in [1.807, 2.05) is 6.07 Å². The second-order valence-corrected chi connectivity index (χ2v) is 3.05. The highest BCUT2D eigenvalue weighted by atomic mass is 15.2. The highest BCUT2D eigenvalue weighted by Gasteiger charge is 2.11. The molecule has 13 heavy (non-hydrogen) atoms. The average Bonchev–Trinajstić information content (AvgIpc) is 2.11. The summed E-state index contributed by atoms with van der Waals surface area (Å²) in [5.74, 6) is 0. The smallest absolute Gasteiger partial charge is 0.115 e. The van der Waals surface area contributed by atoms with Crippen LogP contribution in [0.5, 0.6) is 0 Å². The van der Waals surface area contributed by atoms with E-state index in [0.717, 1.165) is 24.5 Å². The number of fused-ring (bicyclic) bond motifs is 1. The van der Waals surface area contributed by atoms with Crippen molar-refractivity contribution in [2.45, 2.75) is 13.8 Å². The van der Waals surface area contributed by atoms with Crippen molar-refractivity contribution in [1.29, 1.82) is 0 Å². The van der Waals surface area contributed by atoms with Gasteiger partial charge >= 0.3 is 0 Å². The van der Waals surface area contributed by atoms with Gasteiger partial charge in [0.05, 0.1) is 0 Å². The number of hydrogen-bond donors (Lipinski definition) is 0. The summed E-state index contributed by atoms with van der Waals surface area (Å²) in [4.78, 5) is 2.30. The first-order valence-electron chi connectivity index (χ1n) is 4.66. The lowest BCUT2D eigenvalue weighted by Crippen LogP contribution is -2.21. The van der Waals surface area contributed by atoms with E-state index in [2.05, 4.69) is 41.1 Å². The van der Waals surface area contributed by atoms with Gasteiger partial charge in [-0.1, -0.05) is 0 Å². The van der Waals surface area contributed by atoms with Gasteiger partial charge in [0.2, 0.25) is 0 Å². The number of hydrogen-bond acceptors (Lipinski definition) is 3. The Morgan fingerprint density at radius 2 is 1.77 bits per heavy atom. The predicted octanol–water partition coefficient (Wildman–Crippen LogP) is 3.26. The maximum Gasteiger partial charge on any atom is 0.115 e. The first-order chi connectivity index (χ1) is 6.35. The van der Waals surface area contributed by atoms with Crippen LogP contribution < -0.4 is 4.90 Å². The zero-order valence-corrected chi connectivity index (χ0v) is 7.99. The Hall–Kier alpha value is -1.38. The van der Waals surface area contributed by atoms with Crippen LogP contribution in [0, 0.1) is 0 Å². The quantitative estimate of drug-likeness (QED) is 0.703. The number of nitrogens with zero attached hydrogens (tertiary/aromatic N) is 3. The fourth-order valence-electron chi connectivity index (χ4n) is 1.52. The van der Waals surface area contributed by atoms with Crippen molar-refractivity contribution >= 4 is 17.1 Å². The maximum atomic E-state index is 3.94. The minimum absolute atomic E-state index is 1.01. The van der Waals surface area contributed by atoms with Gasteiger partial charge in [0.1, 0.15) is 11.4 Å². The highest BCUT2D eigenvalue weighted by Crippen LogP contribution is 2.39. The van der Waals surface area contributed by atoms with Crippen molar-refractivity contribution in [2.75, 3.05) is 18.0 Å². The second-order valence-electron chi connectivity index (χ2n) is 3.05. The molecule has 0 amide bonds. The zero-order chi connectivity index (χ0) is 9.26. The highest BCUT2D eigenvalue weighted by molar-refractivity contribution is 5.72. The number of azo groups is 1. The van der Waals surface area contributed by atoms with Crippen LogP contribution in [0.25, 0.3) is 0 Å². The molecule has 68 valence electrons. The van der Waals surface area contributed by atoms with E-state index in [0.29, 0.717) is 0 Å². The first-order valence-corrected chi connectivity index (χ1v) is 4.66. The topological polar surface area (TPSA) is 28.0 Å². The standard InChI is InChI=1S/C10H13N3/c1-3-13(4-2)8-5-6-9-10(7-8)12-11-9/h5-7H,3-4H2,1-2H3. The Labute approximate surface area is 78.1 Å². The van der Waals surface area contributed by atoms with Crippen molar-refractivity contribution in [3.05, 3.63) is 18.2 Å². The Morgan fingerprint density at radius 3 is 2.23 bits per heavy atom. The molecular formula is C10H13N3. The monoisotopic (exact) mass is 175 g/mol. The molecule has 0 aliphatic carbocycles. The summed E-state index contributed by atoms with van der Waals surface area (Å²) in [6.45, 7) is 6.38. The maximum absolute atomic E-state index is 3.94. The van der Waals surface area contributed by atoms with E-state index >= 15 is 0 Å². The molecule has 0 fully saturated rings. The Bertz CT molecular complexity index is 340. The molecule has 1 heterocycles. The summed E-state index contributed by atoms with van der Waals surface area (Å²) in [6.07, 6.45) is 0. The molecule has 0 N–H and O–H groups in total. The summed E-state index contributed by atoms with van der Waals surface area (Å²) in [5, 5.41) is 7.83. The lowest BCUT2D eigenvalue weighted by atomic mass is 10.2. The van der Waals surface area contributed by atoms with E-state index in [-0.39, 0.29) is 0 Å².